The van der Waals surface area contributed by atoms with E-state index in [2.05, 4.69) is 38.1 Å². The van der Waals surface area contributed by atoms with Crippen molar-refractivity contribution >= 4 is 21.6 Å². The Morgan fingerprint density at radius 2 is 1.81 bits per heavy atom. The van der Waals surface area contributed by atoms with Crippen molar-refractivity contribution in [3.8, 4) is 0 Å². The fourth-order valence-electron chi connectivity index (χ4n) is 2.15. The second kappa shape index (κ2) is 5.44. The van der Waals surface area contributed by atoms with E-state index in [1.54, 1.807) is 0 Å². The van der Waals surface area contributed by atoms with Gasteiger partial charge in [0.05, 0.1) is 15.2 Å². The number of thiazole rings is 1. The second-order valence-electron chi connectivity index (χ2n) is 4.29. The molecule has 0 bridgehead atoms. The molecule has 0 aliphatic heterocycles. The molecule has 1 heterocycles. The first kappa shape index (κ1) is 11.6. The summed E-state index contributed by atoms with van der Waals surface area (Å²) in [5, 5.41) is 1.34. The summed E-state index contributed by atoms with van der Waals surface area (Å²) in [5.74, 6) is 0.674. The minimum Gasteiger partial charge on any atom is -0.241 e. The van der Waals surface area contributed by atoms with Crippen molar-refractivity contribution in [3.05, 3.63) is 29.3 Å². The van der Waals surface area contributed by atoms with Gasteiger partial charge in [-0.15, -0.1) is 11.3 Å². The highest BCUT2D eigenvalue weighted by molar-refractivity contribution is 7.18. The van der Waals surface area contributed by atoms with Crippen molar-refractivity contribution in [3.63, 3.8) is 0 Å². The van der Waals surface area contributed by atoms with E-state index in [1.807, 2.05) is 11.3 Å². The van der Waals surface area contributed by atoms with E-state index in [0.717, 1.165) is 0 Å². The molecule has 16 heavy (non-hydrogen) atoms. The standard InChI is InChI=1S/C14H19NS/c1-3-7-11(8-4-2)14-15-12-9-5-6-10-13(12)16-14/h5-6,9-11H,3-4,7-8H2,1-2H3. The van der Waals surface area contributed by atoms with Gasteiger partial charge in [-0.25, -0.2) is 4.98 Å². The molecule has 0 atom stereocenters. The highest BCUT2D eigenvalue weighted by Crippen LogP contribution is 2.32. The quantitative estimate of drug-likeness (QED) is 0.709. The van der Waals surface area contributed by atoms with Crippen LogP contribution in [0.3, 0.4) is 0 Å². The zero-order valence-corrected chi connectivity index (χ0v) is 10.9. The number of rotatable bonds is 5. The van der Waals surface area contributed by atoms with Crippen LogP contribution in [-0.4, -0.2) is 4.98 Å². The normalized spacial score (nSPS) is 11.4. The predicted molar refractivity (Wildman–Crippen MR) is 72.2 cm³/mol. The lowest BCUT2D eigenvalue weighted by atomic mass is 9.99. The third-order valence-corrected chi connectivity index (χ3v) is 4.13. The Balaban J connectivity index is 2.29. The van der Waals surface area contributed by atoms with Crippen LogP contribution >= 0.6 is 11.3 Å². The van der Waals surface area contributed by atoms with Gasteiger partial charge >= 0.3 is 0 Å². The SMILES string of the molecule is CCCC(CCC)c1nc2ccccc2s1. The Bertz CT molecular complexity index is 408. The van der Waals surface area contributed by atoms with Crippen molar-refractivity contribution in [2.75, 3.05) is 0 Å². The average molecular weight is 233 g/mol. The Hall–Kier alpha value is -0.890. The molecule has 0 amide bonds. The molecule has 86 valence electrons. The summed E-state index contributed by atoms with van der Waals surface area (Å²) in [4.78, 5) is 4.77. The van der Waals surface area contributed by atoms with Crippen LogP contribution in [0.25, 0.3) is 10.2 Å². The van der Waals surface area contributed by atoms with Crippen molar-refractivity contribution in [1.29, 1.82) is 0 Å². The molecule has 2 heteroatoms. The van der Waals surface area contributed by atoms with Gasteiger partial charge in [0.1, 0.15) is 0 Å². The lowest BCUT2D eigenvalue weighted by molar-refractivity contribution is 0.559. The Kier molecular flexibility index (Phi) is 3.94. The number of hydrogen-bond acceptors (Lipinski definition) is 2. The first-order chi connectivity index (χ1) is 7.85. The van der Waals surface area contributed by atoms with Crippen molar-refractivity contribution < 1.29 is 0 Å². The lowest BCUT2D eigenvalue weighted by Gasteiger charge is -2.11. The van der Waals surface area contributed by atoms with Crippen LogP contribution in [0.5, 0.6) is 0 Å². The van der Waals surface area contributed by atoms with Crippen LogP contribution in [0.2, 0.25) is 0 Å². The van der Waals surface area contributed by atoms with Gasteiger partial charge < -0.3 is 0 Å². The summed E-state index contributed by atoms with van der Waals surface area (Å²) in [6, 6.07) is 8.45. The van der Waals surface area contributed by atoms with Crippen molar-refractivity contribution in [2.45, 2.75) is 45.4 Å². The maximum absolute atomic E-state index is 4.77. The Morgan fingerprint density at radius 3 is 2.44 bits per heavy atom. The maximum atomic E-state index is 4.77. The first-order valence-electron chi connectivity index (χ1n) is 6.20. The van der Waals surface area contributed by atoms with Crippen LogP contribution in [0.1, 0.15) is 50.5 Å². The summed E-state index contributed by atoms with van der Waals surface area (Å²) in [6.45, 7) is 4.52. The number of para-hydroxylation sites is 1. The van der Waals surface area contributed by atoms with Crippen LogP contribution in [-0.2, 0) is 0 Å². The molecule has 0 spiro atoms. The molecule has 0 aliphatic rings. The molecule has 2 rings (SSSR count). The molecular formula is C14H19NS. The molecule has 0 saturated carbocycles. The van der Waals surface area contributed by atoms with E-state index in [1.165, 1.54) is 40.9 Å². The molecule has 0 N–H and O–H groups in total. The summed E-state index contributed by atoms with van der Waals surface area (Å²) in [7, 11) is 0. The third-order valence-electron chi connectivity index (χ3n) is 2.93. The zero-order valence-electron chi connectivity index (χ0n) is 10.1. The Labute approximate surface area is 102 Å². The summed E-state index contributed by atoms with van der Waals surface area (Å²) in [6.07, 6.45) is 5.04. The molecule has 0 saturated heterocycles. The fourth-order valence-corrected chi connectivity index (χ4v) is 3.29. The molecule has 2 aromatic rings. The molecule has 1 aromatic carbocycles. The minimum atomic E-state index is 0.674. The summed E-state index contributed by atoms with van der Waals surface area (Å²) < 4.78 is 1.33. The van der Waals surface area contributed by atoms with E-state index in [0.29, 0.717) is 5.92 Å². The summed E-state index contributed by atoms with van der Waals surface area (Å²) in [5.41, 5.74) is 1.17. The highest BCUT2D eigenvalue weighted by Gasteiger charge is 2.14. The van der Waals surface area contributed by atoms with Crippen LogP contribution < -0.4 is 0 Å². The van der Waals surface area contributed by atoms with Crippen LogP contribution in [0.4, 0.5) is 0 Å². The van der Waals surface area contributed by atoms with Gasteiger partial charge in [0.25, 0.3) is 0 Å². The smallest absolute Gasteiger partial charge is 0.0969 e. The van der Waals surface area contributed by atoms with Crippen molar-refractivity contribution in [1.82, 2.24) is 4.98 Å². The third kappa shape index (κ3) is 2.43. The maximum Gasteiger partial charge on any atom is 0.0969 e. The molecule has 0 aliphatic carbocycles. The number of fused-ring (bicyclic) bond motifs is 1. The van der Waals surface area contributed by atoms with E-state index in [9.17, 15) is 0 Å². The van der Waals surface area contributed by atoms with Gasteiger partial charge in [-0.1, -0.05) is 38.8 Å². The predicted octanol–water partition coefficient (Wildman–Crippen LogP) is 4.98. The monoisotopic (exact) mass is 233 g/mol. The molecule has 0 radical (unpaired) electrons. The average Bonchev–Trinajstić information content (AvgIpc) is 2.72. The molecule has 1 aromatic heterocycles. The van der Waals surface area contributed by atoms with E-state index >= 15 is 0 Å². The highest BCUT2D eigenvalue weighted by atomic mass is 32.1. The van der Waals surface area contributed by atoms with Crippen molar-refractivity contribution in [2.24, 2.45) is 0 Å². The number of aromatic nitrogens is 1. The van der Waals surface area contributed by atoms with E-state index in [-0.39, 0.29) is 0 Å². The largest absolute Gasteiger partial charge is 0.241 e. The lowest BCUT2D eigenvalue weighted by Crippen LogP contribution is -1.97. The van der Waals surface area contributed by atoms with Gasteiger partial charge in [0, 0.05) is 5.92 Å². The number of nitrogens with zero attached hydrogens (tertiary/aromatic N) is 1. The number of hydrogen-bond donors (Lipinski definition) is 0. The molecule has 1 nitrogen and oxygen atoms in total. The number of benzene rings is 1. The van der Waals surface area contributed by atoms with Gasteiger partial charge in [0.15, 0.2) is 0 Å². The molecular weight excluding hydrogens is 214 g/mol. The van der Waals surface area contributed by atoms with Gasteiger partial charge in [-0.3, -0.25) is 0 Å². The van der Waals surface area contributed by atoms with Gasteiger partial charge in [-0.05, 0) is 25.0 Å². The van der Waals surface area contributed by atoms with Gasteiger partial charge in [0.2, 0.25) is 0 Å². The second-order valence-corrected chi connectivity index (χ2v) is 5.36. The van der Waals surface area contributed by atoms with E-state index in [4.69, 9.17) is 4.98 Å². The zero-order chi connectivity index (χ0) is 11.4. The molecule has 0 fully saturated rings. The minimum absolute atomic E-state index is 0.674. The van der Waals surface area contributed by atoms with E-state index < -0.39 is 0 Å². The van der Waals surface area contributed by atoms with Crippen LogP contribution in [0.15, 0.2) is 24.3 Å². The topological polar surface area (TPSA) is 12.9 Å². The molecule has 0 unspecified atom stereocenters. The fraction of sp³-hybridized carbons (Fsp3) is 0.500. The van der Waals surface area contributed by atoms with Crippen LogP contribution in [0, 0.1) is 0 Å². The Morgan fingerprint density at radius 1 is 1.12 bits per heavy atom. The summed E-state index contributed by atoms with van der Waals surface area (Å²) >= 11 is 1.87. The first-order valence-corrected chi connectivity index (χ1v) is 7.02. The van der Waals surface area contributed by atoms with Gasteiger partial charge in [-0.2, -0.15) is 0 Å².